The van der Waals surface area contributed by atoms with Gasteiger partial charge in [0.05, 0.1) is 11.7 Å². The van der Waals surface area contributed by atoms with Gasteiger partial charge < -0.3 is 4.74 Å². The molecule has 0 N–H and O–H groups in total. The molecule has 0 bridgehead atoms. The van der Waals surface area contributed by atoms with Gasteiger partial charge in [-0.1, -0.05) is 5.92 Å². The van der Waals surface area contributed by atoms with Gasteiger partial charge in [0.2, 0.25) is 0 Å². The third-order valence-electron chi connectivity index (χ3n) is 5.61. The predicted molar refractivity (Wildman–Crippen MR) is 107 cm³/mol. The van der Waals surface area contributed by atoms with E-state index in [1.54, 1.807) is 27.7 Å². The van der Waals surface area contributed by atoms with Crippen molar-refractivity contribution < 1.29 is 22.7 Å². The van der Waals surface area contributed by atoms with Gasteiger partial charge in [-0.05, 0) is 74.6 Å². The summed E-state index contributed by atoms with van der Waals surface area (Å²) in [6, 6.07) is 2.25. The molecule has 152 valence electrons. The summed E-state index contributed by atoms with van der Waals surface area (Å²) in [7, 11) is 0. The number of anilines is 1. The van der Waals surface area contributed by atoms with Crippen molar-refractivity contribution in [2.45, 2.75) is 53.4 Å². The molecule has 0 spiro atoms. The molecule has 1 amide bonds. The quantitative estimate of drug-likeness (QED) is 0.640. The minimum atomic E-state index is -2.58. The van der Waals surface area contributed by atoms with E-state index in [1.165, 1.54) is 19.1 Å². The average Bonchev–Trinajstić information content (AvgIpc) is 2.66. The Kier molecular flexibility index (Phi) is 4.90. The van der Waals surface area contributed by atoms with Gasteiger partial charge in [-0.2, -0.15) is 4.39 Å². The molecule has 2 aromatic carbocycles. The van der Waals surface area contributed by atoms with Crippen LogP contribution in [0.3, 0.4) is 0 Å². The second kappa shape index (κ2) is 6.84. The molecule has 0 saturated heterocycles. The van der Waals surface area contributed by atoms with Gasteiger partial charge in [0, 0.05) is 12.5 Å². The van der Waals surface area contributed by atoms with E-state index in [-0.39, 0.29) is 22.6 Å². The molecule has 3 rings (SSSR count). The van der Waals surface area contributed by atoms with Gasteiger partial charge in [0.1, 0.15) is 5.75 Å². The van der Waals surface area contributed by atoms with Crippen LogP contribution in [0.4, 0.5) is 18.9 Å². The molecule has 29 heavy (non-hydrogen) atoms. The molecular weight excluding hydrogens is 379 g/mol. The second-order valence-electron chi connectivity index (χ2n) is 7.55. The molecule has 2 atom stereocenters. The minimum Gasteiger partial charge on any atom is -0.448 e. The number of amides is 1. The summed E-state index contributed by atoms with van der Waals surface area (Å²) in [6.07, 6.45) is 5.48. The maximum absolute atomic E-state index is 14.9. The van der Waals surface area contributed by atoms with Crippen LogP contribution in [0.25, 0.3) is 11.1 Å². The maximum atomic E-state index is 14.9. The van der Waals surface area contributed by atoms with Crippen molar-refractivity contribution >= 4 is 11.6 Å². The molecule has 0 aromatic heterocycles. The largest absolute Gasteiger partial charge is 0.448 e. The molecule has 0 aliphatic carbocycles. The molecular formula is C23H22F3NO2. The van der Waals surface area contributed by atoms with E-state index < -0.39 is 29.4 Å². The van der Waals surface area contributed by atoms with Crippen molar-refractivity contribution in [3.8, 4) is 29.2 Å². The van der Waals surface area contributed by atoms with E-state index in [2.05, 4.69) is 5.92 Å². The lowest BCUT2D eigenvalue weighted by Gasteiger charge is -2.38. The van der Waals surface area contributed by atoms with Crippen molar-refractivity contribution in [3.63, 3.8) is 0 Å². The highest BCUT2D eigenvalue weighted by Gasteiger charge is 2.47. The van der Waals surface area contributed by atoms with E-state index in [0.717, 1.165) is 11.8 Å². The van der Waals surface area contributed by atoms with Gasteiger partial charge in [-0.15, -0.1) is 6.42 Å². The van der Waals surface area contributed by atoms with E-state index in [4.69, 9.17) is 11.2 Å². The highest BCUT2D eigenvalue weighted by Crippen LogP contribution is 2.45. The molecule has 2 aromatic rings. The van der Waals surface area contributed by atoms with Crippen LogP contribution >= 0.6 is 0 Å². The third-order valence-corrected chi connectivity index (χ3v) is 5.61. The number of aryl methyl sites for hydroxylation is 1. The number of nitrogens with zero attached hydrogens (tertiary/aromatic N) is 1. The first-order chi connectivity index (χ1) is 13.4. The molecule has 1 aliphatic rings. The summed E-state index contributed by atoms with van der Waals surface area (Å²) < 4.78 is 49.4. The highest BCUT2D eigenvalue weighted by atomic mass is 19.2. The number of alkyl halides is 1. The van der Waals surface area contributed by atoms with E-state index in [1.807, 2.05) is 0 Å². The van der Waals surface area contributed by atoms with E-state index >= 15 is 0 Å². The van der Waals surface area contributed by atoms with Gasteiger partial charge in [0.25, 0.3) is 0 Å². The van der Waals surface area contributed by atoms with Crippen LogP contribution in [0.2, 0.25) is 0 Å². The summed E-state index contributed by atoms with van der Waals surface area (Å²) in [5.74, 6) is -2.90. The first-order valence-corrected chi connectivity index (χ1v) is 9.19. The SMILES string of the molecule is C#C[C@@H](C)N1C(=O)C(C)(F)Oc2cc(C)c(-c3c(C)c(C)c(C)c(F)c3F)cc21. The lowest BCUT2D eigenvalue weighted by Crippen LogP contribution is -2.54. The van der Waals surface area contributed by atoms with Crippen LogP contribution < -0.4 is 9.64 Å². The first-order valence-electron chi connectivity index (χ1n) is 9.19. The number of fused-ring (bicyclic) bond motifs is 1. The molecule has 1 heterocycles. The summed E-state index contributed by atoms with van der Waals surface area (Å²) in [4.78, 5) is 13.7. The minimum absolute atomic E-state index is 0.0974. The van der Waals surface area contributed by atoms with Crippen LogP contribution in [0.15, 0.2) is 12.1 Å². The van der Waals surface area contributed by atoms with Crippen molar-refractivity contribution in [2.24, 2.45) is 0 Å². The number of carbonyl (C=O) groups excluding carboxylic acids is 1. The zero-order chi connectivity index (χ0) is 21.8. The van der Waals surface area contributed by atoms with Crippen molar-refractivity contribution in [1.82, 2.24) is 0 Å². The van der Waals surface area contributed by atoms with E-state index in [9.17, 15) is 18.0 Å². The molecule has 1 unspecified atom stereocenters. The standard InChI is InChI=1S/C23H22F3NO2/c1-8-12(3)27-17-10-16(11(2)9-18(17)29-23(7,26)22(27)28)19-14(5)13(4)15(6)20(24)21(19)25/h1,9-10,12H,2-7H3/t12-,23?/m1/s1. The number of halogens is 3. The smallest absolute Gasteiger partial charge is 0.324 e. The monoisotopic (exact) mass is 401 g/mol. The fraction of sp³-hybridized carbons (Fsp3) is 0.348. The van der Waals surface area contributed by atoms with Crippen LogP contribution in [0.1, 0.15) is 36.1 Å². The number of rotatable bonds is 2. The molecule has 0 fully saturated rings. The number of hydrogen-bond acceptors (Lipinski definition) is 2. The molecule has 1 aliphatic heterocycles. The summed E-state index contributed by atoms with van der Waals surface area (Å²) in [5.41, 5.74) is 2.70. The Morgan fingerprint density at radius 3 is 2.31 bits per heavy atom. The van der Waals surface area contributed by atoms with Gasteiger partial charge in [-0.25, -0.2) is 8.78 Å². The summed E-state index contributed by atoms with van der Waals surface area (Å²) in [5, 5.41) is 0. The van der Waals surface area contributed by atoms with Gasteiger partial charge in [-0.3, -0.25) is 9.69 Å². The number of hydrogen-bond donors (Lipinski definition) is 0. The van der Waals surface area contributed by atoms with Crippen LogP contribution in [0, 0.1) is 51.7 Å². The van der Waals surface area contributed by atoms with Crippen LogP contribution in [-0.2, 0) is 4.79 Å². The Hall–Kier alpha value is -2.94. The maximum Gasteiger partial charge on any atom is 0.324 e. The zero-order valence-electron chi connectivity index (χ0n) is 17.2. The molecule has 6 heteroatoms. The summed E-state index contributed by atoms with van der Waals surface area (Å²) >= 11 is 0. The van der Waals surface area contributed by atoms with E-state index in [0.29, 0.717) is 22.3 Å². The molecule has 0 saturated carbocycles. The number of ether oxygens (including phenoxy) is 1. The topological polar surface area (TPSA) is 29.5 Å². The number of carbonyl (C=O) groups is 1. The van der Waals surface area contributed by atoms with Gasteiger partial charge >= 0.3 is 11.8 Å². The fourth-order valence-electron chi connectivity index (χ4n) is 3.64. The second-order valence-corrected chi connectivity index (χ2v) is 7.55. The molecule has 0 radical (unpaired) electrons. The Balaban J connectivity index is 2.34. The number of benzene rings is 2. The Morgan fingerprint density at radius 1 is 1.10 bits per heavy atom. The van der Waals surface area contributed by atoms with Gasteiger partial charge in [0.15, 0.2) is 11.6 Å². The average molecular weight is 401 g/mol. The fourth-order valence-corrected chi connectivity index (χ4v) is 3.64. The Labute approximate surface area is 168 Å². The van der Waals surface area contributed by atoms with Crippen molar-refractivity contribution in [3.05, 3.63) is 46.0 Å². The van der Waals surface area contributed by atoms with Crippen LogP contribution in [-0.4, -0.2) is 17.8 Å². The Bertz CT molecular complexity index is 1050. The third kappa shape index (κ3) is 3.05. The normalized spacial score (nSPS) is 19.4. The number of terminal acetylenes is 1. The summed E-state index contributed by atoms with van der Waals surface area (Å²) in [6.45, 7) is 9.23. The Morgan fingerprint density at radius 2 is 1.72 bits per heavy atom. The zero-order valence-corrected chi connectivity index (χ0v) is 17.2. The first kappa shape index (κ1) is 20.8. The van der Waals surface area contributed by atoms with Crippen LogP contribution in [0.5, 0.6) is 5.75 Å². The van der Waals surface area contributed by atoms with Crippen molar-refractivity contribution in [2.75, 3.05) is 4.90 Å². The lowest BCUT2D eigenvalue weighted by atomic mass is 9.89. The lowest BCUT2D eigenvalue weighted by molar-refractivity contribution is -0.150. The highest BCUT2D eigenvalue weighted by molar-refractivity contribution is 6.03. The van der Waals surface area contributed by atoms with Crippen molar-refractivity contribution in [1.29, 1.82) is 0 Å². The molecule has 3 nitrogen and oxygen atoms in total. The predicted octanol–water partition coefficient (Wildman–Crippen LogP) is 5.30.